The molecule has 114 valence electrons. The lowest BCUT2D eigenvalue weighted by Crippen LogP contribution is -2.20. The Labute approximate surface area is 136 Å². The molecule has 1 amide bonds. The second-order valence-electron chi connectivity index (χ2n) is 5.01. The van der Waals surface area contributed by atoms with E-state index in [2.05, 4.69) is 5.32 Å². The fraction of sp³-hybridized carbons (Fsp3) is 0.167. The summed E-state index contributed by atoms with van der Waals surface area (Å²) in [5, 5.41) is 4.69. The molecule has 4 heteroatoms. The number of benzene rings is 2. The van der Waals surface area contributed by atoms with Crippen LogP contribution in [-0.2, 0) is 11.3 Å². The van der Waals surface area contributed by atoms with Crippen molar-refractivity contribution in [3.63, 3.8) is 0 Å². The Kier molecular flexibility index (Phi) is 6.10. The Morgan fingerprint density at radius 1 is 1.09 bits per heavy atom. The van der Waals surface area contributed by atoms with Crippen molar-refractivity contribution in [2.45, 2.75) is 11.4 Å². The van der Waals surface area contributed by atoms with Crippen LogP contribution in [0.25, 0.3) is 0 Å². The summed E-state index contributed by atoms with van der Waals surface area (Å²) >= 11 is 1.53. The van der Waals surface area contributed by atoms with Crippen molar-refractivity contribution >= 4 is 23.4 Å². The maximum atomic E-state index is 11.8. The van der Waals surface area contributed by atoms with Gasteiger partial charge in [0.15, 0.2) is 0 Å². The minimum Gasteiger partial charge on any atom is -0.378 e. The van der Waals surface area contributed by atoms with Crippen molar-refractivity contribution in [2.24, 2.45) is 0 Å². The van der Waals surface area contributed by atoms with Crippen LogP contribution in [0.3, 0.4) is 0 Å². The Bertz CT molecular complexity index is 621. The summed E-state index contributed by atoms with van der Waals surface area (Å²) < 4.78 is 0. The third kappa shape index (κ3) is 5.30. The minimum atomic E-state index is -0.0832. The molecule has 0 aromatic heterocycles. The van der Waals surface area contributed by atoms with Gasteiger partial charge in [-0.2, -0.15) is 0 Å². The standard InChI is InChI=1S/C18H20N2OS/c1-20(2)16-10-8-15(9-11-16)14-19-18(21)12-13-22-17-6-4-3-5-7-17/h3-13H,14H2,1-2H3,(H,19,21). The number of nitrogens with one attached hydrogen (secondary N) is 1. The van der Waals surface area contributed by atoms with Gasteiger partial charge in [0, 0.05) is 37.3 Å². The normalized spacial score (nSPS) is 10.6. The van der Waals surface area contributed by atoms with Crippen molar-refractivity contribution in [3.8, 4) is 0 Å². The van der Waals surface area contributed by atoms with Gasteiger partial charge >= 0.3 is 0 Å². The van der Waals surface area contributed by atoms with Crippen molar-refractivity contribution in [1.82, 2.24) is 5.32 Å². The van der Waals surface area contributed by atoms with Gasteiger partial charge < -0.3 is 10.2 Å². The van der Waals surface area contributed by atoms with E-state index >= 15 is 0 Å². The number of carbonyl (C=O) groups is 1. The lowest BCUT2D eigenvalue weighted by molar-refractivity contribution is -0.116. The maximum absolute atomic E-state index is 11.8. The van der Waals surface area contributed by atoms with Crippen LogP contribution in [0, 0.1) is 0 Å². The third-order valence-electron chi connectivity index (χ3n) is 3.09. The average Bonchev–Trinajstić information content (AvgIpc) is 2.54. The minimum absolute atomic E-state index is 0.0832. The van der Waals surface area contributed by atoms with Crippen LogP contribution < -0.4 is 10.2 Å². The van der Waals surface area contributed by atoms with Crippen LogP contribution in [-0.4, -0.2) is 20.0 Å². The van der Waals surface area contributed by atoms with Crippen molar-refractivity contribution in [2.75, 3.05) is 19.0 Å². The van der Waals surface area contributed by atoms with E-state index in [0.29, 0.717) is 6.54 Å². The van der Waals surface area contributed by atoms with E-state index in [1.807, 2.05) is 73.6 Å². The molecule has 0 saturated carbocycles. The molecule has 0 fully saturated rings. The van der Waals surface area contributed by atoms with Crippen LogP contribution in [0.15, 0.2) is 71.0 Å². The number of hydrogen-bond acceptors (Lipinski definition) is 3. The largest absolute Gasteiger partial charge is 0.378 e. The SMILES string of the molecule is CN(C)c1ccc(CNC(=O)C=CSc2ccccc2)cc1. The molecule has 0 aliphatic rings. The van der Waals surface area contributed by atoms with Crippen LogP contribution >= 0.6 is 11.8 Å². The van der Waals surface area contributed by atoms with Crippen molar-refractivity contribution < 1.29 is 4.79 Å². The zero-order chi connectivity index (χ0) is 15.8. The maximum Gasteiger partial charge on any atom is 0.244 e. The lowest BCUT2D eigenvalue weighted by Gasteiger charge is -2.12. The molecular formula is C18H20N2OS. The smallest absolute Gasteiger partial charge is 0.244 e. The predicted octanol–water partition coefficient (Wildman–Crippen LogP) is 3.67. The zero-order valence-corrected chi connectivity index (χ0v) is 13.6. The number of thioether (sulfide) groups is 1. The highest BCUT2D eigenvalue weighted by Crippen LogP contribution is 2.17. The highest BCUT2D eigenvalue weighted by molar-refractivity contribution is 8.02. The first-order valence-corrected chi connectivity index (χ1v) is 7.95. The molecular weight excluding hydrogens is 292 g/mol. The van der Waals surface area contributed by atoms with Gasteiger partial charge in [0.2, 0.25) is 5.91 Å². The number of hydrogen-bond donors (Lipinski definition) is 1. The van der Waals surface area contributed by atoms with Gasteiger partial charge in [0.1, 0.15) is 0 Å². The molecule has 0 radical (unpaired) electrons. The Hall–Kier alpha value is -2.20. The fourth-order valence-electron chi connectivity index (χ4n) is 1.83. The first kappa shape index (κ1) is 16.2. The van der Waals surface area contributed by atoms with Crippen molar-refractivity contribution in [3.05, 3.63) is 71.6 Å². The van der Waals surface area contributed by atoms with Gasteiger partial charge in [-0.15, -0.1) is 0 Å². The summed E-state index contributed by atoms with van der Waals surface area (Å²) in [6.07, 6.45) is 1.56. The predicted molar refractivity (Wildman–Crippen MR) is 94.1 cm³/mol. The molecule has 0 atom stereocenters. The van der Waals surface area contributed by atoms with Gasteiger partial charge in [-0.25, -0.2) is 0 Å². The highest BCUT2D eigenvalue weighted by Gasteiger charge is 1.99. The quantitative estimate of drug-likeness (QED) is 0.652. The lowest BCUT2D eigenvalue weighted by atomic mass is 10.2. The summed E-state index contributed by atoms with van der Waals surface area (Å²) in [6.45, 7) is 0.535. The number of carbonyl (C=O) groups excluding carboxylic acids is 1. The summed E-state index contributed by atoms with van der Waals surface area (Å²) in [5.41, 5.74) is 2.23. The molecule has 22 heavy (non-hydrogen) atoms. The summed E-state index contributed by atoms with van der Waals surface area (Å²) in [5.74, 6) is -0.0832. The molecule has 2 aromatic rings. The molecule has 0 spiro atoms. The van der Waals surface area contributed by atoms with E-state index in [0.717, 1.165) is 16.1 Å². The second kappa shape index (κ2) is 8.29. The summed E-state index contributed by atoms with van der Waals surface area (Å²) in [4.78, 5) is 14.9. The molecule has 0 unspecified atom stereocenters. The van der Waals surface area contributed by atoms with E-state index in [-0.39, 0.29) is 5.91 Å². The van der Waals surface area contributed by atoms with E-state index in [1.165, 1.54) is 11.8 Å². The van der Waals surface area contributed by atoms with E-state index < -0.39 is 0 Å². The molecule has 0 bridgehead atoms. The molecule has 0 saturated heterocycles. The van der Waals surface area contributed by atoms with Crippen molar-refractivity contribution in [1.29, 1.82) is 0 Å². The van der Waals surface area contributed by atoms with E-state index in [1.54, 1.807) is 11.5 Å². The topological polar surface area (TPSA) is 32.3 Å². The number of nitrogens with zero attached hydrogens (tertiary/aromatic N) is 1. The van der Waals surface area contributed by atoms with Gasteiger partial charge in [0.05, 0.1) is 0 Å². The molecule has 0 heterocycles. The van der Waals surface area contributed by atoms with E-state index in [9.17, 15) is 4.79 Å². The third-order valence-corrected chi connectivity index (χ3v) is 3.90. The van der Waals surface area contributed by atoms with E-state index in [4.69, 9.17) is 0 Å². The zero-order valence-electron chi connectivity index (χ0n) is 12.8. The highest BCUT2D eigenvalue weighted by atomic mass is 32.2. The summed E-state index contributed by atoms with van der Waals surface area (Å²) in [7, 11) is 4.01. The van der Waals surface area contributed by atoms with Crippen LogP contribution in [0.2, 0.25) is 0 Å². The molecule has 2 rings (SSSR count). The Morgan fingerprint density at radius 2 is 1.77 bits per heavy atom. The molecule has 2 aromatic carbocycles. The number of amides is 1. The Morgan fingerprint density at radius 3 is 2.41 bits per heavy atom. The summed E-state index contributed by atoms with van der Waals surface area (Å²) in [6, 6.07) is 18.1. The van der Waals surface area contributed by atoms with Crippen LogP contribution in [0.4, 0.5) is 5.69 Å². The van der Waals surface area contributed by atoms with Gasteiger partial charge in [0.25, 0.3) is 0 Å². The van der Waals surface area contributed by atoms with Gasteiger partial charge in [-0.1, -0.05) is 42.1 Å². The fourth-order valence-corrected chi connectivity index (χ4v) is 2.50. The molecule has 1 N–H and O–H groups in total. The first-order valence-electron chi connectivity index (χ1n) is 7.07. The first-order chi connectivity index (χ1) is 10.6. The monoisotopic (exact) mass is 312 g/mol. The number of rotatable bonds is 6. The molecule has 0 aliphatic carbocycles. The second-order valence-corrected chi connectivity index (χ2v) is 5.99. The Balaban J connectivity index is 1.77. The average molecular weight is 312 g/mol. The molecule has 3 nitrogen and oxygen atoms in total. The van der Waals surface area contributed by atoms with Crippen LogP contribution in [0.1, 0.15) is 5.56 Å². The van der Waals surface area contributed by atoms with Gasteiger partial charge in [-0.05, 0) is 35.2 Å². The number of anilines is 1. The molecule has 0 aliphatic heterocycles. The van der Waals surface area contributed by atoms with Gasteiger partial charge in [-0.3, -0.25) is 4.79 Å². The van der Waals surface area contributed by atoms with Crippen LogP contribution in [0.5, 0.6) is 0 Å².